The average molecular weight is 420 g/mol. The first-order valence-corrected chi connectivity index (χ1v) is 12.2. The Morgan fingerprint density at radius 3 is 2.10 bits per heavy atom. The zero-order chi connectivity index (χ0) is 21.3. The smallest absolute Gasteiger partial charge is 0.242 e. The van der Waals surface area contributed by atoms with Crippen molar-refractivity contribution in [2.24, 2.45) is 29.1 Å². The molecule has 1 heterocycles. The summed E-state index contributed by atoms with van der Waals surface area (Å²) in [6.45, 7) is 10.3. The number of hydrogen-bond donors (Lipinski definition) is 2. The molecule has 4 saturated carbocycles. The van der Waals surface area contributed by atoms with Crippen LogP contribution in [0, 0.1) is 29.1 Å². The van der Waals surface area contributed by atoms with Gasteiger partial charge in [0.05, 0.1) is 13.2 Å². The van der Waals surface area contributed by atoms with Gasteiger partial charge < -0.3 is 15.4 Å². The van der Waals surface area contributed by atoms with Crippen molar-refractivity contribution in [1.29, 1.82) is 0 Å². The van der Waals surface area contributed by atoms with Crippen molar-refractivity contribution in [3.8, 4) is 0 Å². The number of rotatable bonds is 8. The maximum Gasteiger partial charge on any atom is 0.242 e. The van der Waals surface area contributed by atoms with Crippen LogP contribution in [0.4, 0.5) is 0 Å². The summed E-state index contributed by atoms with van der Waals surface area (Å²) in [5, 5.41) is 6.22. The molecule has 2 amide bonds. The van der Waals surface area contributed by atoms with Crippen LogP contribution in [-0.4, -0.2) is 61.6 Å². The largest absolute Gasteiger partial charge is 0.379 e. The van der Waals surface area contributed by atoms with Crippen molar-refractivity contribution < 1.29 is 14.3 Å². The fraction of sp³-hybridized carbons (Fsp3) is 0.917. The molecule has 2 N–H and O–H groups in total. The monoisotopic (exact) mass is 419 g/mol. The van der Waals surface area contributed by atoms with Crippen molar-refractivity contribution in [2.75, 3.05) is 32.8 Å². The Bertz CT molecular complexity index is 594. The molecule has 1 aliphatic heterocycles. The van der Waals surface area contributed by atoms with Crippen LogP contribution in [-0.2, 0) is 14.3 Å². The molecule has 5 fully saturated rings. The number of carbonyl (C=O) groups is 2. The molecule has 0 aromatic heterocycles. The van der Waals surface area contributed by atoms with Crippen molar-refractivity contribution >= 4 is 11.8 Å². The third kappa shape index (κ3) is 4.85. The molecule has 0 aromatic carbocycles. The molecule has 0 spiro atoms. The number of morpholine rings is 1. The third-order valence-corrected chi connectivity index (χ3v) is 8.08. The van der Waals surface area contributed by atoms with Gasteiger partial charge in [0.25, 0.3) is 0 Å². The van der Waals surface area contributed by atoms with E-state index in [1.54, 1.807) is 0 Å². The Hall–Kier alpha value is -1.14. The Morgan fingerprint density at radius 2 is 1.57 bits per heavy atom. The second-order valence-corrected chi connectivity index (χ2v) is 11.1. The van der Waals surface area contributed by atoms with E-state index in [0.717, 1.165) is 69.7 Å². The first kappa shape index (κ1) is 22.1. The minimum Gasteiger partial charge on any atom is -0.379 e. The normalized spacial score (nSPS) is 35.3. The standard InChI is InChI=1S/C24H41N3O3/c1-16(2)8-21(27-4-6-30-7-5-27)15-25-22(28)17(3)26-23(29)24-12-18-9-19(13-24)11-20(10-18)14-24/h16-21H,4-15H2,1-3H3,(H,25,28)(H,26,29)/t17-,18?,19?,20?,21+,24?/m0/s1. The van der Waals surface area contributed by atoms with Gasteiger partial charge in [0, 0.05) is 31.1 Å². The summed E-state index contributed by atoms with van der Waals surface area (Å²) in [5.74, 6) is 2.85. The zero-order valence-corrected chi connectivity index (χ0v) is 19.1. The first-order valence-electron chi connectivity index (χ1n) is 12.2. The molecule has 4 aliphatic carbocycles. The second-order valence-electron chi connectivity index (χ2n) is 11.1. The Kier molecular flexibility index (Phi) is 6.73. The highest BCUT2D eigenvalue weighted by molar-refractivity contribution is 5.90. The van der Waals surface area contributed by atoms with Crippen molar-refractivity contribution in [2.45, 2.75) is 77.8 Å². The molecule has 5 rings (SSSR count). The van der Waals surface area contributed by atoms with E-state index in [1.807, 2.05) is 6.92 Å². The fourth-order valence-corrected chi connectivity index (χ4v) is 7.02. The number of ether oxygens (including phenoxy) is 1. The van der Waals surface area contributed by atoms with E-state index < -0.39 is 6.04 Å². The second kappa shape index (κ2) is 9.15. The molecule has 1 saturated heterocycles. The Balaban J connectivity index is 1.29. The summed E-state index contributed by atoms with van der Waals surface area (Å²) < 4.78 is 5.49. The average Bonchev–Trinajstić information content (AvgIpc) is 2.70. The Morgan fingerprint density at radius 1 is 1.00 bits per heavy atom. The number of hydrogen-bond acceptors (Lipinski definition) is 4. The topological polar surface area (TPSA) is 70.7 Å². The van der Waals surface area contributed by atoms with E-state index in [-0.39, 0.29) is 17.2 Å². The highest BCUT2D eigenvalue weighted by atomic mass is 16.5. The van der Waals surface area contributed by atoms with Gasteiger partial charge in [-0.15, -0.1) is 0 Å². The van der Waals surface area contributed by atoms with Crippen LogP contribution < -0.4 is 10.6 Å². The van der Waals surface area contributed by atoms with Gasteiger partial charge in [-0.25, -0.2) is 0 Å². The van der Waals surface area contributed by atoms with E-state index in [1.165, 1.54) is 19.3 Å². The summed E-state index contributed by atoms with van der Waals surface area (Å²) in [5.41, 5.74) is -0.197. The van der Waals surface area contributed by atoms with E-state index in [2.05, 4.69) is 29.4 Å². The maximum absolute atomic E-state index is 13.2. The number of nitrogens with one attached hydrogen (secondary N) is 2. The maximum atomic E-state index is 13.2. The van der Waals surface area contributed by atoms with Crippen molar-refractivity contribution in [1.82, 2.24) is 15.5 Å². The molecular formula is C24H41N3O3. The lowest BCUT2D eigenvalue weighted by molar-refractivity contribution is -0.148. The highest BCUT2D eigenvalue weighted by Crippen LogP contribution is 2.60. The number of carbonyl (C=O) groups excluding carboxylic acids is 2. The molecule has 2 atom stereocenters. The molecule has 6 heteroatoms. The fourth-order valence-electron chi connectivity index (χ4n) is 7.02. The van der Waals surface area contributed by atoms with E-state index >= 15 is 0 Å². The predicted molar refractivity (Wildman–Crippen MR) is 117 cm³/mol. The predicted octanol–water partition coefficient (Wildman–Crippen LogP) is 2.57. The zero-order valence-electron chi connectivity index (χ0n) is 19.1. The van der Waals surface area contributed by atoms with Gasteiger partial charge in [-0.05, 0) is 75.5 Å². The minimum atomic E-state index is -0.477. The van der Waals surface area contributed by atoms with E-state index in [0.29, 0.717) is 18.5 Å². The van der Waals surface area contributed by atoms with Crippen molar-refractivity contribution in [3.05, 3.63) is 0 Å². The summed E-state index contributed by atoms with van der Waals surface area (Å²) in [7, 11) is 0. The lowest BCUT2D eigenvalue weighted by atomic mass is 9.49. The van der Waals surface area contributed by atoms with E-state index in [9.17, 15) is 9.59 Å². The van der Waals surface area contributed by atoms with Gasteiger partial charge in [-0.1, -0.05) is 13.8 Å². The number of nitrogens with zero attached hydrogens (tertiary/aromatic N) is 1. The summed E-state index contributed by atoms with van der Waals surface area (Å²) >= 11 is 0. The van der Waals surface area contributed by atoms with Gasteiger partial charge >= 0.3 is 0 Å². The Labute approximate surface area is 181 Å². The SMILES string of the molecule is CC(C)C[C@H](CNC(=O)[C@H](C)NC(=O)C12CC3CC(CC(C3)C1)C2)N1CCOCC1. The summed E-state index contributed by atoms with van der Waals surface area (Å²) in [6, 6.07) is -0.154. The summed E-state index contributed by atoms with van der Waals surface area (Å²) in [4.78, 5) is 28.5. The van der Waals surface area contributed by atoms with E-state index in [4.69, 9.17) is 4.74 Å². The summed E-state index contributed by atoms with van der Waals surface area (Å²) in [6.07, 6.45) is 8.12. The number of amides is 2. The molecule has 5 aliphatic rings. The van der Waals surface area contributed by atoms with Gasteiger partial charge in [-0.2, -0.15) is 0 Å². The molecule has 4 bridgehead atoms. The van der Waals surface area contributed by atoms with Crippen LogP contribution in [0.5, 0.6) is 0 Å². The van der Waals surface area contributed by atoms with Gasteiger partial charge in [-0.3, -0.25) is 14.5 Å². The van der Waals surface area contributed by atoms with Crippen LogP contribution in [0.15, 0.2) is 0 Å². The molecule has 0 unspecified atom stereocenters. The first-order chi connectivity index (χ1) is 14.3. The molecule has 170 valence electrons. The van der Waals surface area contributed by atoms with Crippen LogP contribution >= 0.6 is 0 Å². The molecule has 30 heavy (non-hydrogen) atoms. The molecule has 0 aromatic rings. The molecular weight excluding hydrogens is 378 g/mol. The van der Waals surface area contributed by atoms with Gasteiger partial charge in [0.15, 0.2) is 0 Å². The lowest BCUT2D eigenvalue weighted by Gasteiger charge is -2.55. The van der Waals surface area contributed by atoms with Gasteiger partial charge in [0.1, 0.15) is 6.04 Å². The highest BCUT2D eigenvalue weighted by Gasteiger charge is 2.54. The minimum absolute atomic E-state index is 0.0601. The molecule has 0 radical (unpaired) electrons. The third-order valence-electron chi connectivity index (χ3n) is 8.08. The van der Waals surface area contributed by atoms with Crippen LogP contribution in [0.2, 0.25) is 0 Å². The van der Waals surface area contributed by atoms with Gasteiger partial charge in [0.2, 0.25) is 11.8 Å². The van der Waals surface area contributed by atoms with Crippen LogP contribution in [0.1, 0.15) is 65.7 Å². The lowest BCUT2D eigenvalue weighted by Crippen LogP contribution is -2.57. The van der Waals surface area contributed by atoms with Crippen LogP contribution in [0.25, 0.3) is 0 Å². The van der Waals surface area contributed by atoms with Crippen molar-refractivity contribution in [3.63, 3.8) is 0 Å². The quantitative estimate of drug-likeness (QED) is 0.634. The van der Waals surface area contributed by atoms with Crippen LogP contribution in [0.3, 0.4) is 0 Å². The molecule has 6 nitrogen and oxygen atoms in total.